The predicted molar refractivity (Wildman–Crippen MR) is 101 cm³/mol. The van der Waals surface area contributed by atoms with Crippen molar-refractivity contribution in [2.75, 3.05) is 0 Å². The van der Waals surface area contributed by atoms with Crippen molar-refractivity contribution in [3.05, 3.63) is 70.5 Å². The molecule has 0 unspecified atom stereocenters. The minimum atomic E-state index is 0.992. The van der Waals surface area contributed by atoms with Gasteiger partial charge in [-0.1, -0.05) is 53.1 Å². The fourth-order valence-corrected chi connectivity index (χ4v) is 3.62. The van der Waals surface area contributed by atoms with Crippen molar-refractivity contribution in [2.45, 2.75) is 46.5 Å². The van der Waals surface area contributed by atoms with Crippen LogP contribution in [-0.2, 0) is 13.5 Å². The third kappa shape index (κ3) is 3.06. The number of allylic oxidation sites excluding steroid dienone is 5. The van der Waals surface area contributed by atoms with Gasteiger partial charge in [-0.2, -0.15) is 0 Å². The topological polar surface area (TPSA) is 4.93 Å². The Labute approximate surface area is 140 Å². The summed E-state index contributed by atoms with van der Waals surface area (Å²) in [5, 5.41) is 1.38. The Bertz CT molecular complexity index is 827. The summed E-state index contributed by atoms with van der Waals surface area (Å²) in [5.41, 5.74) is 10.0. The van der Waals surface area contributed by atoms with Gasteiger partial charge < -0.3 is 4.57 Å². The summed E-state index contributed by atoms with van der Waals surface area (Å²) in [6, 6.07) is 8.69. The van der Waals surface area contributed by atoms with E-state index in [1.54, 1.807) is 5.57 Å². The van der Waals surface area contributed by atoms with Crippen LogP contribution >= 0.6 is 0 Å². The van der Waals surface area contributed by atoms with Crippen molar-refractivity contribution < 1.29 is 0 Å². The Balaban J connectivity index is 1.70. The zero-order chi connectivity index (χ0) is 16.6. The van der Waals surface area contributed by atoms with Crippen LogP contribution in [0.15, 0.2) is 59.2 Å². The Kier molecular flexibility index (Phi) is 4.30. The highest BCUT2D eigenvalue weighted by Crippen LogP contribution is 2.31. The molecule has 2 aromatic rings. The van der Waals surface area contributed by atoms with E-state index in [4.69, 9.17) is 0 Å². The highest BCUT2D eigenvalue weighted by atomic mass is 14.9. The van der Waals surface area contributed by atoms with Crippen LogP contribution in [0, 0.1) is 6.92 Å². The van der Waals surface area contributed by atoms with Gasteiger partial charge in [-0.05, 0) is 58.1 Å². The smallest absolute Gasteiger partial charge is 0.0482 e. The third-order valence-corrected chi connectivity index (χ3v) is 5.34. The first-order chi connectivity index (χ1) is 11.0. The van der Waals surface area contributed by atoms with E-state index in [2.05, 4.69) is 69.3 Å². The molecule has 0 radical (unpaired) electrons. The number of para-hydroxylation sites is 1. The molecule has 1 aromatic heterocycles. The van der Waals surface area contributed by atoms with Gasteiger partial charge in [0, 0.05) is 23.6 Å². The molecule has 1 aliphatic rings. The summed E-state index contributed by atoms with van der Waals surface area (Å²) in [6.07, 6.45) is 6.76. The molecule has 0 bridgehead atoms. The lowest BCUT2D eigenvalue weighted by atomic mass is 9.97. The van der Waals surface area contributed by atoms with Crippen LogP contribution in [0.1, 0.15) is 44.4 Å². The second-order valence-corrected chi connectivity index (χ2v) is 7.01. The van der Waals surface area contributed by atoms with Gasteiger partial charge in [0.1, 0.15) is 0 Å². The van der Waals surface area contributed by atoms with Crippen molar-refractivity contribution in [1.82, 2.24) is 4.57 Å². The van der Waals surface area contributed by atoms with Crippen LogP contribution in [-0.4, -0.2) is 4.57 Å². The first-order valence-corrected chi connectivity index (χ1v) is 8.52. The molecule has 0 spiro atoms. The number of fused-ring (bicyclic) bond motifs is 1. The Hall–Kier alpha value is -2.02. The van der Waals surface area contributed by atoms with E-state index in [-0.39, 0.29) is 0 Å². The van der Waals surface area contributed by atoms with E-state index in [0.717, 1.165) is 25.7 Å². The summed E-state index contributed by atoms with van der Waals surface area (Å²) in [6.45, 7) is 11.0. The number of aromatic nitrogens is 1. The van der Waals surface area contributed by atoms with E-state index in [1.807, 2.05) is 0 Å². The highest BCUT2D eigenvalue weighted by Gasteiger charge is 2.13. The van der Waals surface area contributed by atoms with E-state index >= 15 is 0 Å². The Morgan fingerprint density at radius 1 is 1.17 bits per heavy atom. The molecule has 1 aliphatic carbocycles. The van der Waals surface area contributed by atoms with E-state index in [0.29, 0.717) is 0 Å². The second-order valence-electron chi connectivity index (χ2n) is 7.01. The molecule has 23 heavy (non-hydrogen) atoms. The van der Waals surface area contributed by atoms with Crippen molar-refractivity contribution in [1.29, 1.82) is 0 Å². The number of rotatable bonds is 5. The van der Waals surface area contributed by atoms with Gasteiger partial charge in [-0.3, -0.25) is 0 Å². The quantitative estimate of drug-likeness (QED) is 0.594. The normalized spacial score (nSPS) is 14.7. The minimum Gasteiger partial charge on any atom is -0.348 e. The molecule has 0 N–H and O–H groups in total. The van der Waals surface area contributed by atoms with Gasteiger partial charge in [0.2, 0.25) is 0 Å². The van der Waals surface area contributed by atoms with Crippen LogP contribution < -0.4 is 0 Å². The van der Waals surface area contributed by atoms with Crippen LogP contribution in [0.5, 0.6) is 0 Å². The third-order valence-electron chi connectivity index (χ3n) is 5.34. The predicted octanol–water partition coefficient (Wildman–Crippen LogP) is 6.03. The minimum absolute atomic E-state index is 0.992. The number of aryl methyl sites for hydroxylation is 1. The fourth-order valence-electron chi connectivity index (χ4n) is 3.62. The van der Waals surface area contributed by atoms with Gasteiger partial charge in [0.25, 0.3) is 0 Å². The lowest BCUT2D eigenvalue weighted by Gasteiger charge is -2.08. The first-order valence-electron chi connectivity index (χ1n) is 8.52. The summed E-state index contributed by atoms with van der Waals surface area (Å²) in [4.78, 5) is 0. The zero-order valence-corrected chi connectivity index (χ0v) is 14.9. The number of nitrogens with zero attached hydrogens (tertiary/aromatic N) is 1. The largest absolute Gasteiger partial charge is 0.348 e. The van der Waals surface area contributed by atoms with Crippen LogP contribution in [0.4, 0.5) is 0 Å². The van der Waals surface area contributed by atoms with E-state index in [9.17, 15) is 0 Å². The second kappa shape index (κ2) is 6.23. The molecule has 0 fully saturated rings. The van der Waals surface area contributed by atoms with Crippen LogP contribution in [0.2, 0.25) is 0 Å². The molecular weight excluding hydrogens is 278 g/mol. The van der Waals surface area contributed by atoms with Crippen molar-refractivity contribution in [3.8, 4) is 0 Å². The summed E-state index contributed by atoms with van der Waals surface area (Å²) in [5.74, 6) is 0. The van der Waals surface area contributed by atoms with Crippen molar-refractivity contribution >= 4 is 10.9 Å². The van der Waals surface area contributed by atoms with E-state index < -0.39 is 0 Å². The number of hydrogen-bond donors (Lipinski definition) is 0. The highest BCUT2D eigenvalue weighted by molar-refractivity contribution is 5.85. The van der Waals surface area contributed by atoms with Crippen molar-refractivity contribution in [3.63, 3.8) is 0 Å². The molecular formula is C22H27N. The lowest BCUT2D eigenvalue weighted by Crippen LogP contribution is -1.95. The zero-order valence-electron chi connectivity index (χ0n) is 14.9. The molecule has 0 amide bonds. The lowest BCUT2D eigenvalue weighted by molar-refractivity contribution is 0.856. The van der Waals surface area contributed by atoms with Gasteiger partial charge in [-0.15, -0.1) is 0 Å². The fraction of sp³-hybridized carbons (Fsp3) is 0.364. The molecule has 1 nitrogen and oxygen atoms in total. The van der Waals surface area contributed by atoms with Crippen molar-refractivity contribution in [2.24, 2.45) is 7.05 Å². The molecule has 3 rings (SSSR count). The molecule has 0 atom stereocenters. The molecule has 120 valence electrons. The van der Waals surface area contributed by atoms with Gasteiger partial charge in [-0.25, -0.2) is 0 Å². The van der Waals surface area contributed by atoms with E-state index in [1.165, 1.54) is 38.9 Å². The maximum Gasteiger partial charge on any atom is 0.0482 e. The molecule has 1 heterocycles. The summed E-state index contributed by atoms with van der Waals surface area (Å²) < 4.78 is 2.30. The maximum atomic E-state index is 4.36. The maximum absolute atomic E-state index is 4.36. The standard InChI is InChI=1S/C22H27N/c1-15(10-11-19-13-16(2)17(3)14-19)12-21-18(4)23(5)22-9-7-6-8-20(21)22/h6-9,13H,1,10-12,14H2,2-5H3. The monoisotopic (exact) mass is 305 g/mol. The number of benzene rings is 1. The Morgan fingerprint density at radius 2 is 1.91 bits per heavy atom. The van der Waals surface area contributed by atoms with Crippen LogP contribution in [0.3, 0.4) is 0 Å². The molecule has 0 saturated carbocycles. The SMILES string of the molecule is C=C(CCC1=CC(C)=C(C)C1)Cc1c(C)n(C)c2ccccc12. The average molecular weight is 305 g/mol. The van der Waals surface area contributed by atoms with Gasteiger partial charge in [0.05, 0.1) is 0 Å². The number of hydrogen-bond acceptors (Lipinski definition) is 0. The summed E-state index contributed by atoms with van der Waals surface area (Å²) >= 11 is 0. The molecule has 1 heteroatoms. The molecule has 0 saturated heterocycles. The average Bonchev–Trinajstić information content (AvgIpc) is 2.98. The first kappa shape index (κ1) is 15.9. The summed E-state index contributed by atoms with van der Waals surface area (Å²) in [7, 11) is 2.16. The molecule has 0 aliphatic heterocycles. The van der Waals surface area contributed by atoms with Crippen LogP contribution in [0.25, 0.3) is 10.9 Å². The molecule has 1 aromatic carbocycles. The van der Waals surface area contributed by atoms with Gasteiger partial charge in [0.15, 0.2) is 0 Å². The van der Waals surface area contributed by atoms with Gasteiger partial charge >= 0.3 is 0 Å². The Morgan fingerprint density at radius 3 is 2.61 bits per heavy atom.